The van der Waals surface area contributed by atoms with Gasteiger partial charge in [0.25, 0.3) is 0 Å². The van der Waals surface area contributed by atoms with Crippen LogP contribution in [0.5, 0.6) is 0 Å². The van der Waals surface area contributed by atoms with Gasteiger partial charge in [-0.2, -0.15) is 0 Å². The average molecular weight is 246 g/mol. The van der Waals surface area contributed by atoms with Crippen molar-refractivity contribution in [1.82, 2.24) is 4.57 Å². The second-order valence-corrected chi connectivity index (χ2v) is 5.32. The minimum absolute atomic E-state index is 0.0813. The molecule has 0 aliphatic carbocycles. The van der Waals surface area contributed by atoms with E-state index in [1.54, 1.807) is 7.11 Å². The summed E-state index contributed by atoms with van der Waals surface area (Å²) >= 11 is 0. The van der Waals surface area contributed by atoms with Crippen molar-refractivity contribution < 1.29 is 4.74 Å². The molecule has 3 nitrogen and oxygen atoms in total. The first-order valence-electron chi connectivity index (χ1n) is 6.39. The third-order valence-corrected chi connectivity index (χ3v) is 3.58. The van der Waals surface area contributed by atoms with Gasteiger partial charge in [0, 0.05) is 31.9 Å². The molecule has 0 radical (unpaired) electrons. The molecule has 0 aliphatic rings. The van der Waals surface area contributed by atoms with Gasteiger partial charge in [0.2, 0.25) is 0 Å². The number of aromatic nitrogens is 1. The average Bonchev–Trinajstić information content (AvgIpc) is 2.78. The Morgan fingerprint density at radius 2 is 2.06 bits per heavy atom. The third kappa shape index (κ3) is 2.74. The maximum atomic E-state index is 5.70. The summed E-state index contributed by atoms with van der Waals surface area (Å²) in [6, 6.07) is 8.55. The Morgan fingerprint density at radius 3 is 2.72 bits per heavy atom. The number of hydrogen-bond acceptors (Lipinski definition) is 2. The SMILES string of the molecule is COC(C)(C)CCn1ccc2ccc(CN)cc21. The van der Waals surface area contributed by atoms with E-state index in [0.717, 1.165) is 13.0 Å². The molecule has 0 fully saturated rings. The first-order chi connectivity index (χ1) is 8.55. The highest BCUT2D eigenvalue weighted by Crippen LogP contribution is 2.20. The van der Waals surface area contributed by atoms with Crippen molar-refractivity contribution in [3.05, 3.63) is 36.0 Å². The number of fused-ring (bicyclic) bond motifs is 1. The maximum Gasteiger partial charge on any atom is 0.0639 e. The van der Waals surface area contributed by atoms with Crippen LogP contribution in [0.2, 0.25) is 0 Å². The molecule has 1 aromatic carbocycles. The van der Waals surface area contributed by atoms with Gasteiger partial charge in [-0.1, -0.05) is 12.1 Å². The van der Waals surface area contributed by atoms with Crippen LogP contribution in [0.4, 0.5) is 0 Å². The van der Waals surface area contributed by atoms with Crippen LogP contribution in [-0.2, 0) is 17.8 Å². The monoisotopic (exact) mass is 246 g/mol. The first-order valence-corrected chi connectivity index (χ1v) is 6.39. The molecule has 2 rings (SSSR count). The van der Waals surface area contributed by atoms with Crippen LogP contribution < -0.4 is 5.73 Å². The van der Waals surface area contributed by atoms with Gasteiger partial charge in [0.15, 0.2) is 0 Å². The standard InChI is InChI=1S/C15H22N2O/c1-15(2,18-3)7-9-17-8-6-13-5-4-12(11-16)10-14(13)17/h4-6,8,10H,7,9,11,16H2,1-3H3. The van der Waals surface area contributed by atoms with Crippen LogP contribution in [0, 0.1) is 0 Å². The Bertz CT molecular complexity index is 528. The summed E-state index contributed by atoms with van der Waals surface area (Å²) in [7, 11) is 1.76. The van der Waals surface area contributed by atoms with E-state index in [-0.39, 0.29) is 5.60 Å². The predicted octanol–water partition coefficient (Wildman–Crippen LogP) is 2.92. The minimum atomic E-state index is -0.0813. The zero-order valence-electron chi connectivity index (χ0n) is 11.4. The van der Waals surface area contributed by atoms with Crippen molar-refractivity contribution in [2.45, 2.75) is 39.0 Å². The molecule has 1 aromatic heterocycles. The molecular weight excluding hydrogens is 224 g/mol. The quantitative estimate of drug-likeness (QED) is 0.881. The maximum absolute atomic E-state index is 5.70. The molecule has 2 N–H and O–H groups in total. The van der Waals surface area contributed by atoms with Crippen molar-refractivity contribution in [3.63, 3.8) is 0 Å². The van der Waals surface area contributed by atoms with Crippen molar-refractivity contribution in [3.8, 4) is 0 Å². The third-order valence-electron chi connectivity index (χ3n) is 3.58. The number of nitrogens with two attached hydrogens (primary N) is 1. The van der Waals surface area contributed by atoms with E-state index in [2.05, 4.69) is 48.9 Å². The van der Waals surface area contributed by atoms with E-state index in [1.165, 1.54) is 16.5 Å². The summed E-state index contributed by atoms with van der Waals surface area (Å²) in [5, 5.41) is 1.27. The van der Waals surface area contributed by atoms with E-state index >= 15 is 0 Å². The van der Waals surface area contributed by atoms with Crippen LogP contribution in [0.1, 0.15) is 25.8 Å². The minimum Gasteiger partial charge on any atom is -0.379 e. The molecule has 3 heteroatoms. The summed E-state index contributed by atoms with van der Waals surface area (Å²) in [5.41, 5.74) is 8.04. The highest BCUT2D eigenvalue weighted by Gasteiger charge is 2.16. The molecule has 0 aliphatic heterocycles. The molecule has 0 atom stereocenters. The Labute approximate surface area is 109 Å². The predicted molar refractivity (Wildman–Crippen MR) is 75.5 cm³/mol. The second kappa shape index (κ2) is 5.12. The number of rotatable bonds is 5. The molecule has 0 amide bonds. The van der Waals surface area contributed by atoms with Crippen molar-refractivity contribution in [2.24, 2.45) is 5.73 Å². The van der Waals surface area contributed by atoms with Gasteiger partial charge in [0.1, 0.15) is 0 Å². The van der Waals surface area contributed by atoms with Gasteiger partial charge in [-0.25, -0.2) is 0 Å². The fourth-order valence-electron chi connectivity index (χ4n) is 2.04. The largest absolute Gasteiger partial charge is 0.379 e. The summed E-state index contributed by atoms with van der Waals surface area (Å²) < 4.78 is 7.73. The van der Waals surface area contributed by atoms with Gasteiger partial charge in [-0.3, -0.25) is 0 Å². The normalized spacial score (nSPS) is 12.2. The Kier molecular flexibility index (Phi) is 3.73. The topological polar surface area (TPSA) is 40.2 Å². The fourth-order valence-corrected chi connectivity index (χ4v) is 2.04. The number of hydrogen-bond donors (Lipinski definition) is 1. The van der Waals surface area contributed by atoms with E-state index in [9.17, 15) is 0 Å². The van der Waals surface area contributed by atoms with E-state index < -0.39 is 0 Å². The lowest BCUT2D eigenvalue weighted by atomic mass is 10.1. The van der Waals surface area contributed by atoms with Crippen molar-refractivity contribution in [2.75, 3.05) is 7.11 Å². The molecule has 0 bridgehead atoms. The molecule has 0 saturated carbocycles. The van der Waals surface area contributed by atoms with Crippen LogP contribution in [0.25, 0.3) is 10.9 Å². The fraction of sp³-hybridized carbons (Fsp3) is 0.467. The lowest BCUT2D eigenvalue weighted by Crippen LogP contribution is -2.24. The summed E-state index contributed by atoms with van der Waals surface area (Å²) in [4.78, 5) is 0. The smallest absolute Gasteiger partial charge is 0.0639 e. The number of methoxy groups -OCH3 is 1. The molecule has 1 heterocycles. The molecule has 98 valence electrons. The lowest BCUT2D eigenvalue weighted by Gasteiger charge is -2.23. The van der Waals surface area contributed by atoms with Crippen LogP contribution in [0.15, 0.2) is 30.5 Å². The number of benzene rings is 1. The lowest BCUT2D eigenvalue weighted by molar-refractivity contribution is 0.0123. The Balaban J connectivity index is 2.23. The van der Waals surface area contributed by atoms with E-state index in [1.807, 2.05) is 0 Å². The van der Waals surface area contributed by atoms with Gasteiger partial charge in [0.05, 0.1) is 5.60 Å². The number of ether oxygens (including phenoxy) is 1. The van der Waals surface area contributed by atoms with Crippen LogP contribution in [0.3, 0.4) is 0 Å². The Morgan fingerprint density at radius 1 is 1.28 bits per heavy atom. The molecule has 0 saturated heterocycles. The van der Waals surface area contributed by atoms with Gasteiger partial charge in [-0.15, -0.1) is 0 Å². The van der Waals surface area contributed by atoms with Crippen molar-refractivity contribution >= 4 is 10.9 Å². The highest BCUT2D eigenvalue weighted by molar-refractivity contribution is 5.80. The first kappa shape index (κ1) is 13.1. The molecule has 0 spiro atoms. The number of nitrogens with zero attached hydrogens (tertiary/aromatic N) is 1. The zero-order valence-corrected chi connectivity index (χ0v) is 11.4. The molecule has 0 unspecified atom stereocenters. The van der Waals surface area contributed by atoms with Gasteiger partial charge < -0.3 is 15.0 Å². The zero-order chi connectivity index (χ0) is 13.2. The molecular formula is C15H22N2O. The number of aryl methyl sites for hydroxylation is 1. The van der Waals surface area contributed by atoms with Crippen molar-refractivity contribution in [1.29, 1.82) is 0 Å². The molecule has 18 heavy (non-hydrogen) atoms. The summed E-state index contributed by atoms with van der Waals surface area (Å²) in [5.74, 6) is 0. The summed E-state index contributed by atoms with van der Waals surface area (Å²) in [6.45, 7) is 5.77. The Hall–Kier alpha value is -1.32. The summed E-state index contributed by atoms with van der Waals surface area (Å²) in [6.07, 6.45) is 3.12. The van der Waals surface area contributed by atoms with Gasteiger partial charge >= 0.3 is 0 Å². The van der Waals surface area contributed by atoms with Crippen LogP contribution >= 0.6 is 0 Å². The second-order valence-electron chi connectivity index (χ2n) is 5.32. The van der Waals surface area contributed by atoms with Crippen LogP contribution in [-0.4, -0.2) is 17.3 Å². The van der Waals surface area contributed by atoms with E-state index in [0.29, 0.717) is 6.54 Å². The molecule has 2 aromatic rings. The highest BCUT2D eigenvalue weighted by atomic mass is 16.5. The van der Waals surface area contributed by atoms with Gasteiger partial charge in [-0.05, 0) is 43.4 Å². The van der Waals surface area contributed by atoms with E-state index in [4.69, 9.17) is 10.5 Å².